The Morgan fingerprint density at radius 3 is 2.90 bits per heavy atom. The monoisotopic (exact) mass is 305 g/mol. The first-order valence-corrected chi connectivity index (χ1v) is 7.86. The lowest BCUT2D eigenvalue weighted by Crippen LogP contribution is -2.47. The molecule has 1 aliphatic rings. The number of nitrogens with one attached hydrogen (secondary N) is 2. The highest BCUT2D eigenvalue weighted by Gasteiger charge is 2.23. The zero-order valence-electron chi connectivity index (χ0n) is 11.9. The highest BCUT2D eigenvalue weighted by Crippen LogP contribution is 2.21. The second kappa shape index (κ2) is 6.08. The van der Waals surface area contributed by atoms with E-state index in [9.17, 15) is 4.79 Å². The van der Waals surface area contributed by atoms with Crippen molar-refractivity contribution in [1.29, 1.82) is 0 Å². The Morgan fingerprint density at radius 1 is 1.24 bits per heavy atom. The molecule has 1 heterocycles. The summed E-state index contributed by atoms with van der Waals surface area (Å²) in [6.45, 7) is 0. The summed E-state index contributed by atoms with van der Waals surface area (Å²) in [5, 5.41) is 4.68. The molecule has 0 spiro atoms. The SMILES string of the molecule is N[C@@H]1CCCCC[C@@H]1NC(=O)c1cc2cc(Cl)ccc2[nH]1. The molecule has 2 atom stereocenters. The van der Waals surface area contributed by atoms with Crippen LogP contribution in [-0.2, 0) is 0 Å². The molecule has 0 radical (unpaired) electrons. The van der Waals surface area contributed by atoms with Gasteiger partial charge in [-0.05, 0) is 37.1 Å². The predicted octanol–water partition coefficient (Wildman–Crippen LogP) is 3.21. The number of benzene rings is 1. The molecule has 3 rings (SSSR count). The maximum absolute atomic E-state index is 12.4. The van der Waals surface area contributed by atoms with E-state index in [1.54, 1.807) is 0 Å². The van der Waals surface area contributed by atoms with E-state index in [1.807, 2.05) is 24.3 Å². The third-order valence-corrected chi connectivity index (χ3v) is 4.45. The molecule has 112 valence electrons. The fourth-order valence-corrected chi connectivity index (χ4v) is 3.17. The zero-order valence-corrected chi connectivity index (χ0v) is 12.6. The fourth-order valence-electron chi connectivity index (χ4n) is 2.99. The van der Waals surface area contributed by atoms with Gasteiger partial charge in [-0.1, -0.05) is 30.9 Å². The summed E-state index contributed by atoms with van der Waals surface area (Å²) in [7, 11) is 0. The standard InChI is InChI=1S/C16H20ClN3O/c17-11-6-7-13-10(8-11)9-15(19-13)16(21)20-14-5-3-1-2-4-12(14)18/h6-9,12,14,19H,1-5,18H2,(H,20,21)/t12-,14+/m1/s1. The van der Waals surface area contributed by atoms with Crippen LogP contribution in [0.5, 0.6) is 0 Å². The molecule has 1 saturated carbocycles. The quantitative estimate of drug-likeness (QED) is 0.746. The molecule has 1 amide bonds. The van der Waals surface area contributed by atoms with Gasteiger partial charge in [-0.15, -0.1) is 0 Å². The molecule has 1 fully saturated rings. The van der Waals surface area contributed by atoms with Gasteiger partial charge in [0, 0.05) is 28.0 Å². The number of H-pyrrole nitrogens is 1. The van der Waals surface area contributed by atoms with E-state index in [4.69, 9.17) is 17.3 Å². The van der Waals surface area contributed by atoms with E-state index < -0.39 is 0 Å². The highest BCUT2D eigenvalue weighted by molar-refractivity contribution is 6.31. The number of fused-ring (bicyclic) bond motifs is 1. The van der Waals surface area contributed by atoms with Crippen molar-refractivity contribution in [2.24, 2.45) is 5.73 Å². The zero-order chi connectivity index (χ0) is 14.8. The van der Waals surface area contributed by atoms with Gasteiger partial charge in [0.1, 0.15) is 5.69 Å². The van der Waals surface area contributed by atoms with Crippen LogP contribution < -0.4 is 11.1 Å². The fraction of sp³-hybridized carbons (Fsp3) is 0.438. The second-order valence-corrected chi connectivity index (χ2v) is 6.23. The van der Waals surface area contributed by atoms with Gasteiger partial charge in [0.25, 0.3) is 5.91 Å². The summed E-state index contributed by atoms with van der Waals surface area (Å²) < 4.78 is 0. The summed E-state index contributed by atoms with van der Waals surface area (Å²) >= 11 is 5.97. The number of aromatic nitrogens is 1. The molecule has 1 aromatic carbocycles. The smallest absolute Gasteiger partial charge is 0.268 e. The lowest BCUT2D eigenvalue weighted by atomic mass is 10.0. The number of carbonyl (C=O) groups is 1. The molecule has 5 heteroatoms. The van der Waals surface area contributed by atoms with E-state index in [1.165, 1.54) is 6.42 Å². The molecule has 2 aromatic rings. The van der Waals surface area contributed by atoms with Gasteiger partial charge < -0.3 is 16.0 Å². The van der Waals surface area contributed by atoms with Crippen LogP contribution in [-0.4, -0.2) is 23.0 Å². The Labute approximate surface area is 129 Å². The van der Waals surface area contributed by atoms with E-state index in [-0.39, 0.29) is 18.0 Å². The van der Waals surface area contributed by atoms with Gasteiger partial charge >= 0.3 is 0 Å². The number of hydrogen-bond acceptors (Lipinski definition) is 2. The molecule has 21 heavy (non-hydrogen) atoms. The number of nitrogens with two attached hydrogens (primary N) is 1. The molecule has 1 aromatic heterocycles. The Balaban J connectivity index is 1.76. The van der Waals surface area contributed by atoms with E-state index in [0.717, 1.165) is 36.6 Å². The van der Waals surface area contributed by atoms with Crippen LogP contribution in [0.4, 0.5) is 0 Å². The van der Waals surface area contributed by atoms with Crippen LogP contribution >= 0.6 is 11.6 Å². The van der Waals surface area contributed by atoms with Gasteiger partial charge in [0.2, 0.25) is 0 Å². The average molecular weight is 306 g/mol. The molecule has 0 bridgehead atoms. The highest BCUT2D eigenvalue weighted by atomic mass is 35.5. The van der Waals surface area contributed by atoms with Crippen molar-refractivity contribution in [1.82, 2.24) is 10.3 Å². The molecule has 4 nitrogen and oxygen atoms in total. The largest absolute Gasteiger partial charge is 0.351 e. The average Bonchev–Trinajstić information content (AvgIpc) is 2.78. The topological polar surface area (TPSA) is 70.9 Å². The lowest BCUT2D eigenvalue weighted by molar-refractivity contribution is 0.0924. The predicted molar refractivity (Wildman–Crippen MR) is 85.6 cm³/mol. The second-order valence-electron chi connectivity index (χ2n) is 5.80. The van der Waals surface area contributed by atoms with Crippen molar-refractivity contribution in [3.05, 3.63) is 35.0 Å². The number of carbonyl (C=O) groups excluding carboxylic acids is 1. The molecule has 0 unspecified atom stereocenters. The lowest BCUT2D eigenvalue weighted by Gasteiger charge is -2.22. The number of aromatic amines is 1. The third kappa shape index (κ3) is 3.22. The molecular formula is C16H20ClN3O. The minimum atomic E-state index is -0.0929. The minimum Gasteiger partial charge on any atom is -0.351 e. The number of halogens is 1. The van der Waals surface area contributed by atoms with Crippen molar-refractivity contribution in [2.45, 2.75) is 44.2 Å². The van der Waals surface area contributed by atoms with Crippen LogP contribution in [0.25, 0.3) is 10.9 Å². The van der Waals surface area contributed by atoms with Crippen molar-refractivity contribution in [3.63, 3.8) is 0 Å². The Kier molecular flexibility index (Phi) is 4.17. The van der Waals surface area contributed by atoms with Crippen LogP contribution in [0.2, 0.25) is 5.02 Å². The summed E-state index contributed by atoms with van der Waals surface area (Å²) in [4.78, 5) is 15.5. The Morgan fingerprint density at radius 2 is 2.05 bits per heavy atom. The summed E-state index contributed by atoms with van der Waals surface area (Å²) in [6.07, 6.45) is 5.41. The number of hydrogen-bond donors (Lipinski definition) is 3. The summed E-state index contributed by atoms with van der Waals surface area (Å²) in [6, 6.07) is 7.49. The maximum Gasteiger partial charge on any atom is 0.268 e. The van der Waals surface area contributed by atoms with Gasteiger partial charge in [-0.3, -0.25) is 4.79 Å². The molecule has 4 N–H and O–H groups in total. The van der Waals surface area contributed by atoms with Crippen LogP contribution in [0.15, 0.2) is 24.3 Å². The van der Waals surface area contributed by atoms with E-state index in [0.29, 0.717) is 10.7 Å². The van der Waals surface area contributed by atoms with Crippen LogP contribution in [0, 0.1) is 0 Å². The minimum absolute atomic E-state index is 0.0512. The summed E-state index contributed by atoms with van der Waals surface area (Å²) in [5.41, 5.74) is 7.63. The van der Waals surface area contributed by atoms with Crippen LogP contribution in [0.3, 0.4) is 0 Å². The van der Waals surface area contributed by atoms with E-state index >= 15 is 0 Å². The van der Waals surface area contributed by atoms with Gasteiger partial charge in [-0.2, -0.15) is 0 Å². The molecule has 0 saturated heterocycles. The summed E-state index contributed by atoms with van der Waals surface area (Å²) in [5.74, 6) is -0.0929. The first kappa shape index (κ1) is 14.4. The normalized spacial score (nSPS) is 23.0. The van der Waals surface area contributed by atoms with Crippen LogP contribution in [0.1, 0.15) is 42.6 Å². The molecular weight excluding hydrogens is 286 g/mol. The van der Waals surface area contributed by atoms with Crippen molar-refractivity contribution < 1.29 is 4.79 Å². The van der Waals surface area contributed by atoms with Gasteiger partial charge in [-0.25, -0.2) is 0 Å². The van der Waals surface area contributed by atoms with Crippen molar-refractivity contribution in [3.8, 4) is 0 Å². The van der Waals surface area contributed by atoms with Crippen molar-refractivity contribution in [2.75, 3.05) is 0 Å². The maximum atomic E-state index is 12.4. The number of amides is 1. The first-order valence-electron chi connectivity index (χ1n) is 7.48. The first-order chi connectivity index (χ1) is 10.1. The Bertz CT molecular complexity index is 652. The molecule has 0 aliphatic heterocycles. The van der Waals surface area contributed by atoms with Crippen molar-refractivity contribution >= 4 is 28.4 Å². The number of rotatable bonds is 2. The van der Waals surface area contributed by atoms with Gasteiger partial charge in [0.15, 0.2) is 0 Å². The van der Waals surface area contributed by atoms with Gasteiger partial charge in [0.05, 0.1) is 0 Å². The Hall–Kier alpha value is -1.52. The third-order valence-electron chi connectivity index (χ3n) is 4.21. The van der Waals surface area contributed by atoms with E-state index in [2.05, 4.69) is 10.3 Å². The molecule has 1 aliphatic carbocycles.